The maximum atomic E-state index is 13.1. The highest BCUT2D eigenvalue weighted by Gasteiger charge is 2.46. The van der Waals surface area contributed by atoms with Gasteiger partial charge in [0.1, 0.15) is 0 Å². The Morgan fingerprint density at radius 1 is 1.08 bits per heavy atom. The van der Waals surface area contributed by atoms with Crippen molar-refractivity contribution >= 4 is 17.1 Å². The molecule has 0 spiro atoms. The second-order valence-electron chi connectivity index (χ2n) is 6.05. The molecule has 11 heteroatoms. The monoisotopic (exact) mass is 362 g/mol. The number of nitrogens with zero attached hydrogens (tertiary/aromatic N) is 3. The predicted octanol–water partition coefficient (Wildman–Crippen LogP) is 4.11. The molecule has 1 aromatic rings. The van der Waals surface area contributed by atoms with Crippen LogP contribution < -0.4 is 5.43 Å². The summed E-state index contributed by atoms with van der Waals surface area (Å²) in [6.07, 6.45) is -2.56. The first kappa shape index (κ1) is 18.9. The van der Waals surface area contributed by atoms with Crippen molar-refractivity contribution < 1.29 is 23.0 Å². The van der Waals surface area contributed by atoms with E-state index >= 15 is 0 Å². The molecule has 2 unspecified atom stereocenters. The molecule has 0 saturated carbocycles. The normalized spacial score (nSPS) is 21.8. The van der Waals surface area contributed by atoms with Gasteiger partial charge in [0.2, 0.25) is 5.56 Å². The van der Waals surface area contributed by atoms with Crippen molar-refractivity contribution in [1.82, 2.24) is 5.01 Å². The Bertz CT molecular complexity index is 650. The van der Waals surface area contributed by atoms with E-state index < -0.39 is 33.0 Å². The van der Waals surface area contributed by atoms with Gasteiger partial charge >= 0.3 is 6.18 Å². The average Bonchev–Trinajstić information content (AvgIpc) is 2.49. The zero-order valence-corrected chi connectivity index (χ0v) is 13.5. The van der Waals surface area contributed by atoms with E-state index in [9.17, 15) is 33.4 Å². The molecule has 0 aliphatic carbocycles. The number of nitrogens with one attached hydrogen (secondary N) is 1. The number of anilines is 1. The van der Waals surface area contributed by atoms with Crippen LogP contribution in [-0.2, 0) is 6.18 Å². The Kier molecular flexibility index (Phi) is 5.16. The fourth-order valence-electron chi connectivity index (χ4n) is 3.05. The number of nitro groups is 2. The lowest BCUT2D eigenvalue weighted by Crippen LogP contribution is -2.47. The average molecular weight is 362 g/mol. The third-order valence-electron chi connectivity index (χ3n) is 4.23. The molecule has 1 aliphatic heterocycles. The van der Waals surface area contributed by atoms with Gasteiger partial charge in [-0.3, -0.25) is 20.2 Å². The molecule has 0 bridgehead atoms. The number of alkyl halides is 3. The molecule has 0 radical (unpaired) electrons. The maximum absolute atomic E-state index is 13.1. The van der Waals surface area contributed by atoms with E-state index in [0.29, 0.717) is 12.1 Å². The number of hydrogen-bond acceptors (Lipinski definition) is 6. The molecule has 2 atom stereocenters. The number of benzene rings is 1. The smallest absolute Gasteiger partial charge is 0.318 e. The van der Waals surface area contributed by atoms with Crippen LogP contribution in [0.25, 0.3) is 0 Å². The number of hydrazine groups is 1. The Morgan fingerprint density at radius 2 is 1.52 bits per heavy atom. The van der Waals surface area contributed by atoms with E-state index in [1.165, 1.54) is 0 Å². The SMILES string of the molecule is CC1CCCC(C)N1Nc1cc([N+](=O)[O-])c(C(F)(F)F)c([N+](=O)[O-])c1. The van der Waals surface area contributed by atoms with E-state index in [2.05, 4.69) is 5.43 Å². The van der Waals surface area contributed by atoms with Crippen LogP contribution in [-0.4, -0.2) is 26.9 Å². The molecule has 1 heterocycles. The highest BCUT2D eigenvalue weighted by molar-refractivity contribution is 5.65. The molecule has 0 aromatic heterocycles. The van der Waals surface area contributed by atoms with Gasteiger partial charge in [-0.25, -0.2) is 5.01 Å². The minimum absolute atomic E-state index is 0.0316. The molecule has 138 valence electrons. The molecular formula is C14H17F3N4O4. The van der Waals surface area contributed by atoms with Gasteiger partial charge < -0.3 is 5.43 Å². The van der Waals surface area contributed by atoms with Gasteiger partial charge in [0, 0.05) is 24.2 Å². The van der Waals surface area contributed by atoms with Crippen LogP contribution in [0.5, 0.6) is 0 Å². The van der Waals surface area contributed by atoms with Gasteiger partial charge in [0.15, 0.2) is 0 Å². The van der Waals surface area contributed by atoms with Crippen LogP contribution in [0.2, 0.25) is 0 Å². The lowest BCUT2D eigenvalue weighted by Gasteiger charge is -2.39. The van der Waals surface area contributed by atoms with E-state index in [1.807, 2.05) is 13.8 Å². The molecule has 1 aromatic carbocycles. The van der Waals surface area contributed by atoms with Crippen LogP contribution in [0.15, 0.2) is 12.1 Å². The highest BCUT2D eigenvalue weighted by Crippen LogP contribution is 2.44. The van der Waals surface area contributed by atoms with Crippen molar-refractivity contribution in [1.29, 1.82) is 0 Å². The van der Waals surface area contributed by atoms with Gasteiger partial charge in [0.25, 0.3) is 11.4 Å². The van der Waals surface area contributed by atoms with Crippen molar-refractivity contribution in [3.8, 4) is 0 Å². The molecule has 8 nitrogen and oxygen atoms in total. The lowest BCUT2D eigenvalue weighted by molar-refractivity contribution is -0.399. The highest BCUT2D eigenvalue weighted by atomic mass is 19.4. The number of piperidine rings is 1. The summed E-state index contributed by atoms with van der Waals surface area (Å²) in [6, 6.07) is 1.43. The van der Waals surface area contributed by atoms with Crippen LogP contribution in [0, 0.1) is 20.2 Å². The van der Waals surface area contributed by atoms with Crippen LogP contribution in [0.1, 0.15) is 38.7 Å². The number of hydrogen-bond donors (Lipinski definition) is 1. The Hall–Kier alpha value is -2.43. The largest absolute Gasteiger partial charge is 0.429 e. The minimum Gasteiger partial charge on any atom is -0.318 e. The number of nitro benzene ring substituents is 2. The first-order valence-corrected chi connectivity index (χ1v) is 7.61. The third-order valence-corrected chi connectivity index (χ3v) is 4.23. The van der Waals surface area contributed by atoms with Gasteiger partial charge in [0.05, 0.1) is 15.5 Å². The fraction of sp³-hybridized carbons (Fsp3) is 0.571. The van der Waals surface area contributed by atoms with Gasteiger partial charge in [-0.15, -0.1) is 0 Å². The van der Waals surface area contributed by atoms with Crippen LogP contribution in [0.4, 0.5) is 30.2 Å². The van der Waals surface area contributed by atoms with E-state index in [4.69, 9.17) is 0 Å². The second-order valence-corrected chi connectivity index (χ2v) is 6.05. The topological polar surface area (TPSA) is 102 Å². The van der Waals surface area contributed by atoms with Gasteiger partial charge in [-0.2, -0.15) is 13.2 Å². The quantitative estimate of drug-likeness (QED) is 0.639. The van der Waals surface area contributed by atoms with E-state index in [1.54, 1.807) is 5.01 Å². The summed E-state index contributed by atoms with van der Waals surface area (Å²) in [6.45, 7) is 3.80. The molecule has 1 saturated heterocycles. The molecule has 25 heavy (non-hydrogen) atoms. The van der Waals surface area contributed by atoms with Crippen molar-refractivity contribution in [2.24, 2.45) is 0 Å². The summed E-state index contributed by atoms with van der Waals surface area (Å²) in [5.74, 6) is 0. The van der Waals surface area contributed by atoms with E-state index in [0.717, 1.165) is 19.3 Å². The lowest BCUT2D eigenvalue weighted by atomic mass is 10.00. The summed E-state index contributed by atoms with van der Waals surface area (Å²) in [5.41, 5.74) is -1.86. The van der Waals surface area contributed by atoms with Crippen molar-refractivity contribution in [2.75, 3.05) is 5.43 Å². The van der Waals surface area contributed by atoms with Crippen molar-refractivity contribution in [3.63, 3.8) is 0 Å². The molecule has 1 aliphatic rings. The first-order chi connectivity index (χ1) is 11.5. The zero-order chi connectivity index (χ0) is 18.9. The Labute approximate surface area is 140 Å². The standard InChI is InChI=1S/C14H17F3N4O4/c1-8-4-3-5-9(2)19(8)18-10-6-11(20(22)23)13(14(15,16)17)12(7-10)21(24)25/h6-9,18H,3-5H2,1-2H3. The maximum Gasteiger partial charge on any atom is 0.429 e. The number of halogens is 3. The Morgan fingerprint density at radius 3 is 1.88 bits per heavy atom. The number of rotatable bonds is 4. The second kappa shape index (κ2) is 6.82. The fourth-order valence-corrected chi connectivity index (χ4v) is 3.05. The third kappa shape index (κ3) is 3.98. The predicted molar refractivity (Wildman–Crippen MR) is 83.0 cm³/mol. The molecular weight excluding hydrogens is 345 g/mol. The van der Waals surface area contributed by atoms with Crippen molar-refractivity contribution in [3.05, 3.63) is 37.9 Å². The summed E-state index contributed by atoms with van der Waals surface area (Å²) in [5, 5.41) is 23.9. The minimum atomic E-state index is -5.21. The van der Waals surface area contributed by atoms with Crippen molar-refractivity contribution in [2.45, 2.75) is 51.4 Å². The van der Waals surface area contributed by atoms with Crippen LogP contribution >= 0.6 is 0 Å². The first-order valence-electron chi connectivity index (χ1n) is 7.61. The van der Waals surface area contributed by atoms with Gasteiger partial charge in [-0.1, -0.05) is 6.42 Å². The Balaban J connectivity index is 2.53. The summed E-state index contributed by atoms with van der Waals surface area (Å²) in [4.78, 5) is 19.6. The summed E-state index contributed by atoms with van der Waals surface area (Å²) < 4.78 is 39.3. The molecule has 0 amide bonds. The zero-order valence-electron chi connectivity index (χ0n) is 13.5. The molecule has 1 fully saturated rings. The van der Waals surface area contributed by atoms with E-state index in [-0.39, 0.29) is 17.8 Å². The van der Waals surface area contributed by atoms with Crippen LogP contribution in [0.3, 0.4) is 0 Å². The summed E-state index contributed by atoms with van der Waals surface area (Å²) in [7, 11) is 0. The van der Waals surface area contributed by atoms with Gasteiger partial charge in [-0.05, 0) is 26.7 Å². The molecule has 2 rings (SSSR count). The summed E-state index contributed by atoms with van der Waals surface area (Å²) >= 11 is 0. The molecule has 1 N–H and O–H groups in total.